The van der Waals surface area contributed by atoms with E-state index in [0.717, 1.165) is 33.4 Å². The molecule has 0 bridgehead atoms. The molecule has 0 saturated carbocycles. The van der Waals surface area contributed by atoms with Crippen molar-refractivity contribution < 1.29 is 28.9 Å². The Balaban J connectivity index is 0.885. The molecule has 6 aromatic rings. The molecule has 0 N–H and O–H groups in total. The smallest absolute Gasteiger partial charge is 0.265 e. The van der Waals surface area contributed by atoms with Gasteiger partial charge in [0.2, 0.25) is 11.8 Å². The lowest BCUT2D eigenvalue weighted by Crippen LogP contribution is -2.36. The Morgan fingerprint density at radius 2 is 0.678 bits per heavy atom. The van der Waals surface area contributed by atoms with Gasteiger partial charge < -0.3 is 0 Å². The molecule has 2 aliphatic rings. The first kappa shape index (κ1) is 39.3. The second-order valence-corrected chi connectivity index (χ2v) is 14.8. The number of hydrogen-bond donors (Lipinski definition) is 0. The first-order chi connectivity index (χ1) is 28.9. The third kappa shape index (κ3) is 9.77. The van der Waals surface area contributed by atoms with Crippen LogP contribution >= 0.6 is 0 Å². The maximum absolute atomic E-state index is 13.6. The predicted octanol–water partition coefficient (Wildman–Crippen LogP) is 7.81. The molecule has 0 spiro atoms. The zero-order valence-electron chi connectivity index (χ0n) is 32.5. The number of hydrogen-bond acceptors (Lipinski definition) is 8. The summed E-state index contributed by atoms with van der Waals surface area (Å²) < 4.78 is 0. The normalized spacial score (nSPS) is 16.8. The summed E-state index contributed by atoms with van der Waals surface area (Å²) in [5, 5.41) is 3.49. The number of carbonyl (C=O) groups excluding carboxylic acids is 4. The standard InChI is InChI=1S/C49H44N4O6/c54-46-30-44(58-50(32-38-13-5-1-6-14-38)33-39-15-7-2-8-16-39)48(56)52(46)42-25-21-36(22-26-42)29-37-23-27-43(28-24-37)53-47(55)31-45(49(53)57)59-51(34-40-17-9-3-10-18-40)35-41-19-11-4-12-20-41/h1-28,44-45H,29-35H2. The summed E-state index contributed by atoms with van der Waals surface area (Å²) in [4.78, 5) is 68.6. The number of nitrogens with zero attached hydrogens (tertiary/aromatic N) is 4. The third-order valence-electron chi connectivity index (χ3n) is 10.4. The largest absolute Gasteiger partial charge is 0.284 e. The molecule has 2 atom stereocenters. The Morgan fingerprint density at radius 3 is 0.966 bits per heavy atom. The van der Waals surface area contributed by atoms with Crippen molar-refractivity contribution in [3.8, 4) is 0 Å². The molecule has 10 heteroatoms. The minimum atomic E-state index is -0.938. The predicted molar refractivity (Wildman–Crippen MR) is 224 cm³/mol. The van der Waals surface area contributed by atoms with Crippen LogP contribution in [-0.4, -0.2) is 46.0 Å². The van der Waals surface area contributed by atoms with Gasteiger partial charge in [-0.15, -0.1) is 0 Å². The average molecular weight is 785 g/mol. The van der Waals surface area contributed by atoms with Crippen LogP contribution in [0.25, 0.3) is 0 Å². The highest BCUT2D eigenvalue weighted by Gasteiger charge is 2.43. The van der Waals surface area contributed by atoms with E-state index in [1.165, 1.54) is 9.80 Å². The second kappa shape index (κ2) is 18.4. The summed E-state index contributed by atoms with van der Waals surface area (Å²) >= 11 is 0. The summed E-state index contributed by atoms with van der Waals surface area (Å²) in [7, 11) is 0. The number of carbonyl (C=O) groups is 4. The van der Waals surface area contributed by atoms with Crippen LogP contribution in [0.4, 0.5) is 11.4 Å². The summed E-state index contributed by atoms with van der Waals surface area (Å²) in [6.07, 6.45) is -1.43. The number of benzene rings is 6. The van der Waals surface area contributed by atoms with Gasteiger partial charge in [-0.05, 0) is 64.1 Å². The molecule has 0 radical (unpaired) electrons. The molecule has 4 amide bonds. The van der Waals surface area contributed by atoms with Crippen molar-refractivity contribution >= 4 is 35.0 Å². The molecule has 0 aliphatic carbocycles. The van der Waals surface area contributed by atoms with Gasteiger partial charge in [0, 0.05) is 26.2 Å². The van der Waals surface area contributed by atoms with E-state index in [1.54, 1.807) is 34.4 Å². The topological polar surface area (TPSA) is 99.7 Å². The van der Waals surface area contributed by atoms with Crippen LogP contribution in [0.1, 0.15) is 46.2 Å². The molecule has 2 saturated heterocycles. The number of anilines is 2. The molecule has 59 heavy (non-hydrogen) atoms. The Morgan fingerprint density at radius 1 is 0.390 bits per heavy atom. The van der Waals surface area contributed by atoms with Crippen molar-refractivity contribution in [1.29, 1.82) is 0 Å². The van der Waals surface area contributed by atoms with E-state index in [0.29, 0.717) is 44.0 Å². The minimum Gasteiger partial charge on any atom is -0.284 e. The van der Waals surface area contributed by atoms with Crippen molar-refractivity contribution in [2.24, 2.45) is 0 Å². The summed E-state index contributed by atoms with van der Waals surface area (Å²) in [5.74, 6) is -1.44. The summed E-state index contributed by atoms with van der Waals surface area (Å²) in [6.45, 7) is 1.80. The molecule has 2 heterocycles. The molecular weight excluding hydrogens is 741 g/mol. The Labute approximate surface area is 343 Å². The summed E-state index contributed by atoms with van der Waals surface area (Å²) in [5.41, 5.74) is 7.00. The van der Waals surface area contributed by atoms with Crippen LogP contribution in [0.3, 0.4) is 0 Å². The van der Waals surface area contributed by atoms with Crippen molar-refractivity contribution in [3.05, 3.63) is 203 Å². The number of hydroxylamine groups is 4. The molecule has 296 valence electrons. The summed E-state index contributed by atoms with van der Waals surface area (Å²) in [6, 6.07) is 54.1. The fourth-order valence-electron chi connectivity index (χ4n) is 7.45. The number of imide groups is 2. The van der Waals surface area contributed by atoms with E-state index in [9.17, 15) is 19.2 Å². The molecule has 2 aliphatic heterocycles. The van der Waals surface area contributed by atoms with Gasteiger partial charge in [0.05, 0.1) is 24.2 Å². The van der Waals surface area contributed by atoms with Crippen LogP contribution in [-0.2, 0) is 61.5 Å². The lowest BCUT2D eigenvalue weighted by Gasteiger charge is -2.25. The SMILES string of the molecule is O=C1CC(ON(Cc2ccccc2)Cc2ccccc2)C(=O)N1c1ccc(Cc2ccc(N3C(=O)CC(ON(Cc4ccccc4)Cc4ccccc4)C3=O)cc2)cc1. The first-order valence-corrected chi connectivity index (χ1v) is 19.8. The van der Waals surface area contributed by atoms with Crippen molar-refractivity contribution in [2.45, 2.75) is 57.6 Å². The van der Waals surface area contributed by atoms with Crippen LogP contribution in [0.15, 0.2) is 170 Å². The highest BCUT2D eigenvalue weighted by Crippen LogP contribution is 2.29. The molecule has 10 nitrogen and oxygen atoms in total. The van der Waals surface area contributed by atoms with Gasteiger partial charge in [-0.25, -0.2) is 9.80 Å². The maximum Gasteiger partial charge on any atom is 0.265 e. The van der Waals surface area contributed by atoms with Gasteiger partial charge in [0.25, 0.3) is 11.8 Å². The van der Waals surface area contributed by atoms with E-state index in [2.05, 4.69) is 0 Å². The lowest BCUT2D eigenvalue weighted by molar-refractivity contribution is -0.207. The number of amides is 4. The molecule has 2 fully saturated rings. The van der Waals surface area contributed by atoms with E-state index < -0.39 is 24.0 Å². The molecule has 8 rings (SSSR count). The van der Waals surface area contributed by atoms with E-state index >= 15 is 0 Å². The Kier molecular flexibility index (Phi) is 12.2. The van der Waals surface area contributed by atoms with Crippen LogP contribution in [0.5, 0.6) is 0 Å². The number of rotatable bonds is 16. The third-order valence-corrected chi connectivity index (χ3v) is 10.4. The quantitative estimate of drug-likeness (QED) is 0.0725. The van der Waals surface area contributed by atoms with E-state index in [-0.39, 0.29) is 24.7 Å². The average Bonchev–Trinajstić information content (AvgIpc) is 3.70. The fourth-order valence-corrected chi connectivity index (χ4v) is 7.45. The van der Waals surface area contributed by atoms with Crippen molar-refractivity contribution in [3.63, 3.8) is 0 Å². The van der Waals surface area contributed by atoms with Gasteiger partial charge >= 0.3 is 0 Å². The van der Waals surface area contributed by atoms with Gasteiger partial charge in [-0.3, -0.25) is 28.9 Å². The highest BCUT2D eigenvalue weighted by atomic mass is 16.7. The van der Waals surface area contributed by atoms with Crippen LogP contribution < -0.4 is 9.80 Å². The molecular formula is C49H44N4O6. The molecule has 6 aromatic carbocycles. The lowest BCUT2D eigenvalue weighted by atomic mass is 10.0. The Bertz CT molecular complexity index is 2110. The fraction of sp³-hybridized carbons (Fsp3) is 0.184. The zero-order chi connectivity index (χ0) is 40.6. The van der Waals surface area contributed by atoms with Crippen LogP contribution in [0, 0.1) is 0 Å². The maximum atomic E-state index is 13.6. The van der Waals surface area contributed by atoms with Crippen molar-refractivity contribution in [2.75, 3.05) is 9.80 Å². The first-order valence-electron chi connectivity index (χ1n) is 19.8. The Hall–Kier alpha value is -6.56. The molecule has 0 aromatic heterocycles. The molecule has 2 unspecified atom stereocenters. The van der Waals surface area contributed by atoms with E-state index in [4.69, 9.17) is 9.68 Å². The monoisotopic (exact) mass is 784 g/mol. The van der Waals surface area contributed by atoms with Gasteiger partial charge in [-0.2, -0.15) is 10.1 Å². The minimum absolute atomic E-state index is 0.0540. The second-order valence-electron chi connectivity index (χ2n) is 14.8. The van der Waals surface area contributed by atoms with Gasteiger partial charge in [-0.1, -0.05) is 146 Å². The van der Waals surface area contributed by atoms with Crippen LogP contribution in [0.2, 0.25) is 0 Å². The zero-order valence-corrected chi connectivity index (χ0v) is 32.5. The highest BCUT2D eigenvalue weighted by molar-refractivity contribution is 6.22. The van der Waals surface area contributed by atoms with Gasteiger partial charge in [0.1, 0.15) is 0 Å². The van der Waals surface area contributed by atoms with E-state index in [1.807, 2.05) is 146 Å². The van der Waals surface area contributed by atoms with Gasteiger partial charge in [0.15, 0.2) is 12.2 Å². The van der Waals surface area contributed by atoms with Crippen molar-refractivity contribution in [1.82, 2.24) is 10.1 Å².